The molecule has 4 rings (SSSR count). The average Bonchev–Trinajstić information content (AvgIpc) is 3.51. The second kappa shape index (κ2) is 7.16. The van der Waals surface area contributed by atoms with Gasteiger partial charge in [-0.05, 0) is 67.3 Å². The van der Waals surface area contributed by atoms with Gasteiger partial charge in [-0.2, -0.15) is 0 Å². The fourth-order valence-electron chi connectivity index (χ4n) is 3.15. The van der Waals surface area contributed by atoms with Crippen molar-refractivity contribution >= 4 is 21.4 Å². The van der Waals surface area contributed by atoms with Gasteiger partial charge >= 0.3 is 0 Å². The highest BCUT2D eigenvalue weighted by Crippen LogP contribution is 2.47. The number of amides is 1. The summed E-state index contributed by atoms with van der Waals surface area (Å²) in [7, 11) is -3.63. The van der Waals surface area contributed by atoms with E-state index in [0.717, 1.165) is 17.7 Å². The number of carbonyl (C=O) groups is 1. The minimum Gasteiger partial charge on any atom is -0.326 e. The van der Waals surface area contributed by atoms with Crippen LogP contribution < -0.4 is 5.32 Å². The average molecular weight is 393 g/mol. The lowest BCUT2D eigenvalue weighted by atomic mass is 10.1. The number of nitrogens with zero attached hydrogens (tertiary/aromatic N) is 2. The number of rotatable bonds is 5. The van der Waals surface area contributed by atoms with E-state index in [2.05, 4.69) is 15.3 Å². The van der Waals surface area contributed by atoms with Crippen molar-refractivity contribution in [1.82, 2.24) is 9.97 Å². The molecule has 3 aromatic rings. The summed E-state index contributed by atoms with van der Waals surface area (Å²) in [6.07, 6.45) is 5.65. The Morgan fingerprint density at radius 3 is 2.43 bits per heavy atom. The normalized spacial score (nSPS) is 18.5. The van der Waals surface area contributed by atoms with E-state index in [-0.39, 0.29) is 27.5 Å². The number of carbonyl (C=O) groups excluding carboxylic acids is 1. The van der Waals surface area contributed by atoms with Crippen molar-refractivity contribution in [3.63, 3.8) is 0 Å². The van der Waals surface area contributed by atoms with Gasteiger partial charge in [-0.15, -0.1) is 0 Å². The SMILES string of the molecule is Cc1ccc(S(=O)(=O)c2ccc(NC(=O)C3CC3c3cccnc3)cc2)cn1. The molecule has 2 aromatic heterocycles. The van der Waals surface area contributed by atoms with Crippen molar-refractivity contribution in [1.29, 1.82) is 0 Å². The minimum absolute atomic E-state index is 0.0628. The molecule has 28 heavy (non-hydrogen) atoms. The van der Waals surface area contributed by atoms with E-state index in [9.17, 15) is 13.2 Å². The first-order valence-corrected chi connectivity index (χ1v) is 10.4. The van der Waals surface area contributed by atoms with Crippen LogP contribution in [0.2, 0.25) is 0 Å². The van der Waals surface area contributed by atoms with E-state index in [1.54, 1.807) is 43.6 Å². The van der Waals surface area contributed by atoms with Gasteiger partial charge in [0.1, 0.15) is 0 Å². The zero-order valence-corrected chi connectivity index (χ0v) is 16.1. The monoisotopic (exact) mass is 393 g/mol. The van der Waals surface area contributed by atoms with Crippen molar-refractivity contribution in [2.75, 3.05) is 5.32 Å². The molecule has 0 radical (unpaired) electrons. The molecule has 6 nitrogen and oxygen atoms in total. The van der Waals surface area contributed by atoms with Gasteiger partial charge in [0.25, 0.3) is 0 Å². The molecule has 0 spiro atoms. The van der Waals surface area contributed by atoms with Crippen molar-refractivity contribution < 1.29 is 13.2 Å². The summed E-state index contributed by atoms with van der Waals surface area (Å²) in [4.78, 5) is 20.9. The molecule has 1 aliphatic carbocycles. The maximum absolute atomic E-state index is 12.7. The molecule has 1 saturated carbocycles. The van der Waals surface area contributed by atoms with Gasteiger partial charge in [0.05, 0.1) is 9.79 Å². The van der Waals surface area contributed by atoms with Crippen LogP contribution in [-0.4, -0.2) is 24.3 Å². The second-order valence-electron chi connectivity index (χ2n) is 6.89. The Labute approximate surface area is 163 Å². The van der Waals surface area contributed by atoms with Crippen molar-refractivity contribution in [2.24, 2.45) is 5.92 Å². The van der Waals surface area contributed by atoms with E-state index in [1.807, 2.05) is 12.1 Å². The van der Waals surface area contributed by atoms with Crippen LogP contribution in [0.3, 0.4) is 0 Å². The summed E-state index contributed by atoms with van der Waals surface area (Å²) < 4.78 is 25.3. The lowest BCUT2D eigenvalue weighted by Crippen LogP contribution is -2.14. The van der Waals surface area contributed by atoms with Gasteiger partial charge < -0.3 is 5.32 Å². The zero-order valence-electron chi connectivity index (χ0n) is 15.2. The molecule has 1 aliphatic rings. The van der Waals surface area contributed by atoms with Crippen molar-refractivity contribution in [3.05, 3.63) is 78.4 Å². The highest BCUT2D eigenvalue weighted by molar-refractivity contribution is 7.91. The Kier molecular flexibility index (Phi) is 4.68. The van der Waals surface area contributed by atoms with Crippen LogP contribution in [-0.2, 0) is 14.6 Å². The summed E-state index contributed by atoms with van der Waals surface area (Å²) in [5.41, 5.74) is 2.39. The predicted octanol–water partition coefficient (Wildman–Crippen LogP) is 3.36. The van der Waals surface area contributed by atoms with Crippen LogP contribution in [0.15, 0.2) is 76.9 Å². The molecule has 1 N–H and O–H groups in total. The number of hydrogen-bond donors (Lipinski definition) is 1. The molecule has 1 aromatic carbocycles. The third-order valence-electron chi connectivity index (χ3n) is 4.87. The molecule has 1 amide bonds. The summed E-state index contributed by atoms with van der Waals surface area (Å²) in [6, 6.07) is 13.2. The molecular formula is C21H19N3O3S. The molecule has 0 bridgehead atoms. The predicted molar refractivity (Wildman–Crippen MR) is 105 cm³/mol. The molecule has 0 saturated heterocycles. The smallest absolute Gasteiger partial charge is 0.228 e. The molecular weight excluding hydrogens is 374 g/mol. The summed E-state index contributed by atoms with van der Waals surface area (Å²) in [6.45, 7) is 1.80. The van der Waals surface area contributed by atoms with Crippen LogP contribution in [0.5, 0.6) is 0 Å². The Morgan fingerprint density at radius 2 is 1.79 bits per heavy atom. The van der Waals surface area contributed by atoms with Crippen molar-refractivity contribution in [3.8, 4) is 0 Å². The summed E-state index contributed by atoms with van der Waals surface area (Å²) in [5, 5.41) is 2.86. The molecule has 2 unspecified atom stereocenters. The largest absolute Gasteiger partial charge is 0.326 e. The summed E-state index contributed by atoms with van der Waals surface area (Å²) in [5.74, 6) is 0.0563. The van der Waals surface area contributed by atoms with E-state index in [4.69, 9.17) is 0 Å². The third-order valence-corrected chi connectivity index (χ3v) is 6.62. The number of sulfone groups is 1. The van der Waals surface area contributed by atoms with Gasteiger partial charge in [-0.1, -0.05) is 6.07 Å². The van der Waals surface area contributed by atoms with Crippen LogP contribution in [0.25, 0.3) is 0 Å². The van der Waals surface area contributed by atoms with Gasteiger partial charge in [0.15, 0.2) is 0 Å². The molecule has 1 fully saturated rings. The zero-order chi connectivity index (χ0) is 19.7. The Morgan fingerprint density at radius 1 is 1.04 bits per heavy atom. The maximum atomic E-state index is 12.7. The van der Waals surface area contributed by atoms with Gasteiger partial charge in [0, 0.05) is 35.9 Å². The van der Waals surface area contributed by atoms with E-state index in [1.165, 1.54) is 18.3 Å². The van der Waals surface area contributed by atoms with Gasteiger partial charge in [-0.3, -0.25) is 14.8 Å². The van der Waals surface area contributed by atoms with Crippen LogP contribution in [0.4, 0.5) is 5.69 Å². The van der Waals surface area contributed by atoms with Gasteiger partial charge in [-0.25, -0.2) is 8.42 Å². The number of anilines is 1. The quantitative estimate of drug-likeness (QED) is 0.718. The first-order chi connectivity index (χ1) is 13.4. The minimum atomic E-state index is -3.63. The number of hydrogen-bond acceptors (Lipinski definition) is 5. The second-order valence-corrected chi connectivity index (χ2v) is 8.84. The molecule has 142 valence electrons. The maximum Gasteiger partial charge on any atom is 0.228 e. The third kappa shape index (κ3) is 3.66. The Balaban J connectivity index is 1.44. The lowest BCUT2D eigenvalue weighted by Gasteiger charge is -2.08. The number of aryl methyl sites for hydroxylation is 1. The lowest BCUT2D eigenvalue weighted by molar-refractivity contribution is -0.117. The molecule has 2 atom stereocenters. The van der Waals surface area contributed by atoms with Crippen molar-refractivity contribution in [2.45, 2.75) is 29.1 Å². The number of pyridine rings is 2. The topological polar surface area (TPSA) is 89.0 Å². The van der Waals surface area contributed by atoms with Crippen LogP contribution >= 0.6 is 0 Å². The number of benzene rings is 1. The van der Waals surface area contributed by atoms with Crippen LogP contribution in [0, 0.1) is 12.8 Å². The van der Waals surface area contributed by atoms with E-state index < -0.39 is 9.84 Å². The summed E-state index contributed by atoms with van der Waals surface area (Å²) >= 11 is 0. The Hall–Kier alpha value is -3.06. The van der Waals surface area contributed by atoms with E-state index >= 15 is 0 Å². The first kappa shape index (κ1) is 18.3. The van der Waals surface area contributed by atoms with E-state index in [0.29, 0.717) is 5.69 Å². The molecule has 2 heterocycles. The molecule has 0 aliphatic heterocycles. The van der Waals surface area contributed by atoms with Gasteiger partial charge in [0.2, 0.25) is 15.7 Å². The highest BCUT2D eigenvalue weighted by atomic mass is 32.2. The van der Waals surface area contributed by atoms with Crippen LogP contribution in [0.1, 0.15) is 23.6 Å². The number of aromatic nitrogens is 2. The standard InChI is InChI=1S/C21H19N3O3S/c1-14-4-7-18(13-23-14)28(26,27)17-8-5-16(6-9-17)24-21(25)20-11-19(20)15-3-2-10-22-12-15/h2-10,12-13,19-20H,11H2,1H3,(H,24,25). The first-order valence-electron chi connectivity index (χ1n) is 8.94. The highest BCUT2D eigenvalue weighted by Gasteiger charge is 2.44. The fourth-order valence-corrected chi connectivity index (χ4v) is 4.36. The number of nitrogens with one attached hydrogen (secondary N) is 1. The molecule has 7 heteroatoms. The fraction of sp³-hybridized carbons (Fsp3) is 0.190. The Bertz CT molecular complexity index is 1100.